The maximum atomic E-state index is 13.4. The van der Waals surface area contributed by atoms with Crippen LogP contribution in [0.25, 0.3) is 22.0 Å². The van der Waals surface area contributed by atoms with E-state index in [0.29, 0.717) is 22.0 Å². The van der Waals surface area contributed by atoms with Crippen molar-refractivity contribution < 1.29 is 36.3 Å². The minimum atomic E-state index is -4.95. The molecule has 1 fully saturated rings. The van der Waals surface area contributed by atoms with Gasteiger partial charge in [0.2, 0.25) is 5.88 Å². The smallest absolute Gasteiger partial charge is 0.480 e. The first-order valence-electron chi connectivity index (χ1n) is 13.4. The second kappa shape index (κ2) is 10.3. The molecule has 2 amide bonds. The van der Waals surface area contributed by atoms with E-state index in [1.165, 1.54) is 37.4 Å². The third kappa shape index (κ3) is 5.79. The molecule has 1 aliphatic rings. The van der Waals surface area contributed by atoms with Crippen molar-refractivity contribution in [2.75, 3.05) is 7.04 Å². The van der Waals surface area contributed by atoms with Crippen LogP contribution in [-0.4, -0.2) is 46.4 Å². The Bertz CT molecular complexity index is 1650. The number of aromatic nitrogens is 3. The molecule has 39 heavy (non-hydrogen) atoms. The van der Waals surface area contributed by atoms with E-state index in [1.807, 2.05) is 0 Å². The molecule has 0 radical (unpaired) electrons. The summed E-state index contributed by atoms with van der Waals surface area (Å²) < 4.78 is 70.1. The molecule has 3 N–H and O–H groups in total. The Morgan fingerprint density at radius 1 is 1.13 bits per heavy atom. The highest BCUT2D eigenvalue weighted by atomic mass is 19.4. The summed E-state index contributed by atoms with van der Waals surface area (Å²) in [5, 5.41) is 13.0. The van der Waals surface area contributed by atoms with Gasteiger partial charge in [-0.25, -0.2) is 4.98 Å². The molecular formula is C27H24F3N5O4. The molecule has 0 spiro atoms. The van der Waals surface area contributed by atoms with Gasteiger partial charge >= 0.3 is 6.36 Å². The second-order valence-corrected chi connectivity index (χ2v) is 9.04. The highest BCUT2D eigenvalue weighted by molar-refractivity contribution is 6.05. The summed E-state index contributed by atoms with van der Waals surface area (Å²) >= 11 is 0. The number of ether oxygens (including phenoxy) is 2. The van der Waals surface area contributed by atoms with E-state index in [2.05, 4.69) is 30.6 Å². The fraction of sp³-hybridized carbons (Fsp3) is 0.259. The van der Waals surface area contributed by atoms with Crippen LogP contribution in [0, 0.1) is 0 Å². The summed E-state index contributed by atoms with van der Waals surface area (Å²) in [7, 11) is -2.94. The number of para-hydroxylation sites is 1. The zero-order valence-electron chi connectivity index (χ0n) is 23.4. The molecule has 2 heterocycles. The van der Waals surface area contributed by atoms with E-state index in [0.717, 1.165) is 18.9 Å². The molecule has 9 nitrogen and oxygen atoms in total. The van der Waals surface area contributed by atoms with Gasteiger partial charge in [-0.1, -0.05) is 24.3 Å². The van der Waals surface area contributed by atoms with Crippen molar-refractivity contribution in [3.63, 3.8) is 0 Å². The molecule has 2 aromatic carbocycles. The zero-order chi connectivity index (χ0) is 30.2. The highest BCUT2D eigenvalue weighted by Gasteiger charge is 2.33. The first kappa shape index (κ1) is 22.4. The van der Waals surface area contributed by atoms with Crippen LogP contribution in [0.5, 0.6) is 11.6 Å². The number of nitrogens with one attached hydrogen (secondary N) is 3. The number of fused-ring (bicyclic) bond motifs is 1. The lowest BCUT2D eigenvalue weighted by Crippen LogP contribution is -2.28. The van der Waals surface area contributed by atoms with Crippen LogP contribution in [-0.2, 0) is 0 Å². The number of H-pyrrole nitrogens is 1. The van der Waals surface area contributed by atoms with Crippen molar-refractivity contribution in [1.82, 2.24) is 25.8 Å². The summed E-state index contributed by atoms with van der Waals surface area (Å²) in [6.45, 7) is 1.45. The molecule has 0 bridgehead atoms. The van der Waals surface area contributed by atoms with Crippen LogP contribution in [0.4, 0.5) is 13.2 Å². The van der Waals surface area contributed by atoms with Gasteiger partial charge in [0.05, 0.1) is 22.7 Å². The largest absolute Gasteiger partial charge is 0.573 e. The Hall–Kier alpha value is -4.61. The Labute approximate surface area is 224 Å². The average Bonchev–Trinajstić information content (AvgIpc) is 3.61. The van der Waals surface area contributed by atoms with Gasteiger partial charge in [0, 0.05) is 28.8 Å². The Morgan fingerprint density at radius 2 is 1.92 bits per heavy atom. The van der Waals surface area contributed by atoms with Crippen molar-refractivity contribution in [2.45, 2.75) is 38.2 Å². The number of hydrogen-bond donors (Lipinski definition) is 3. The molecule has 1 aliphatic carbocycles. The van der Waals surface area contributed by atoms with Gasteiger partial charge in [0.25, 0.3) is 11.8 Å². The normalized spacial score (nSPS) is 15.5. The van der Waals surface area contributed by atoms with Crippen LogP contribution in [0.2, 0.25) is 0 Å². The summed E-state index contributed by atoms with van der Waals surface area (Å²) in [5.74, 6) is -2.13. The molecule has 0 unspecified atom stereocenters. The van der Waals surface area contributed by atoms with Crippen LogP contribution in [0.3, 0.4) is 0 Å². The topological polar surface area (TPSA) is 118 Å². The maximum absolute atomic E-state index is 13.4. The lowest BCUT2D eigenvalue weighted by molar-refractivity contribution is -0.275. The summed E-state index contributed by atoms with van der Waals surface area (Å²) in [5.41, 5.74) is 1.51. The molecule has 202 valence electrons. The van der Waals surface area contributed by atoms with Crippen LogP contribution >= 0.6 is 0 Å². The first-order chi connectivity index (χ1) is 19.8. The zero-order valence-corrected chi connectivity index (χ0v) is 20.4. The minimum Gasteiger partial charge on any atom is -0.480 e. The first-order valence-corrected chi connectivity index (χ1v) is 11.9. The SMILES string of the molecule is [2H]C([2H])([2H])Oc1ncc(-c2ccc3c(C(=O)NC4CC4)n[nH]c3c2)cc1C(=O)N[C@H](C)c1ccccc1OC(F)(F)F. The number of amides is 2. The number of hydrogen-bond acceptors (Lipinski definition) is 6. The molecular weight excluding hydrogens is 515 g/mol. The number of methoxy groups -OCH3 is 1. The molecule has 1 saturated carbocycles. The highest BCUT2D eigenvalue weighted by Crippen LogP contribution is 2.32. The number of benzene rings is 2. The molecule has 12 heteroatoms. The molecule has 0 aliphatic heterocycles. The molecule has 2 aromatic heterocycles. The number of nitrogens with zero attached hydrogens (tertiary/aromatic N) is 2. The van der Waals surface area contributed by atoms with Gasteiger partial charge < -0.3 is 20.1 Å². The third-order valence-corrected chi connectivity index (χ3v) is 6.18. The Morgan fingerprint density at radius 3 is 2.67 bits per heavy atom. The quantitative estimate of drug-likeness (QED) is 0.291. The van der Waals surface area contributed by atoms with Gasteiger partial charge in [-0.3, -0.25) is 14.7 Å². The predicted octanol–water partition coefficient (Wildman–Crippen LogP) is 4.92. The summed E-state index contributed by atoms with van der Waals surface area (Å²) in [6.07, 6.45) is -1.78. The van der Waals surface area contributed by atoms with E-state index in [4.69, 9.17) is 8.85 Å². The molecule has 4 aromatic rings. The third-order valence-electron chi connectivity index (χ3n) is 6.18. The molecule has 1 atom stereocenters. The van der Waals surface area contributed by atoms with E-state index in [1.54, 1.807) is 18.2 Å². The number of carbonyl (C=O) groups excluding carboxylic acids is 2. The standard InChI is InChI=1S/C27H24F3N5O4/c1-14(18-5-3-4-6-22(18)39-27(28,29)30)32-24(36)20-11-16(13-31-26(20)38-2)15-7-10-19-21(12-15)34-35-23(19)25(37)33-17-8-9-17/h3-7,10-14,17H,8-9H2,1-2H3,(H,32,36)(H,33,37)(H,34,35)/t14-/m1/s1/i2D3. The molecule has 5 rings (SSSR count). The fourth-order valence-corrected chi connectivity index (χ4v) is 4.12. The van der Waals surface area contributed by atoms with E-state index in [9.17, 15) is 22.8 Å². The summed E-state index contributed by atoms with van der Waals surface area (Å²) in [6, 6.07) is 10.9. The van der Waals surface area contributed by atoms with E-state index >= 15 is 0 Å². The molecule has 0 saturated heterocycles. The Balaban J connectivity index is 1.45. The van der Waals surface area contributed by atoms with Gasteiger partial charge in [0.15, 0.2) is 5.69 Å². The number of alkyl halides is 3. The summed E-state index contributed by atoms with van der Waals surface area (Å²) in [4.78, 5) is 29.9. The Kier molecular flexibility index (Phi) is 5.90. The van der Waals surface area contributed by atoms with Crippen molar-refractivity contribution in [3.05, 3.63) is 71.5 Å². The van der Waals surface area contributed by atoms with Gasteiger partial charge in [-0.15, -0.1) is 13.2 Å². The second-order valence-electron chi connectivity index (χ2n) is 9.04. The lowest BCUT2D eigenvalue weighted by Gasteiger charge is -2.19. The van der Waals surface area contributed by atoms with Crippen molar-refractivity contribution in [1.29, 1.82) is 0 Å². The minimum absolute atomic E-state index is 0.0387. The van der Waals surface area contributed by atoms with Crippen LogP contribution in [0.15, 0.2) is 54.7 Å². The van der Waals surface area contributed by atoms with E-state index < -0.39 is 37.0 Å². The van der Waals surface area contributed by atoms with Crippen LogP contribution in [0.1, 0.15) is 56.3 Å². The van der Waals surface area contributed by atoms with Crippen molar-refractivity contribution in [2.24, 2.45) is 0 Å². The number of rotatable bonds is 8. The average molecular weight is 543 g/mol. The van der Waals surface area contributed by atoms with Gasteiger partial charge in [-0.2, -0.15) is 5.10 Å². The van der Waals surface area contributed by atoms with Gasteiger partial charge in [-0.05, 0) is 49.6 Å². The van der Waals surface area contributed by atoms with Crippen molar-refractivity contribution in [3.8, 4) is 22.8 Å². The maximum Gasteiger partial charge on any atom is 0.573 e. The van der Waals surface area contributed by atoms with Crippen molar-refractivity contribution >= 4 is 22.7 Å². The number of aromatic amines is 1. The lowest BCUT2D eigenvalue weighted by atomic mass is 10.0. The number of pyridine rings is 1. The predicted molar refractivity (Wildman–Crippen MR) is 135 cm³/mol. The van der Waals surface area contributed by atoms with E-state index in [-0.39, 0.29) is 28.8 Å². The van der Waals surface area contributed by atoms with Crippen LogP contribution < -0.4 is 20.1 Å². The number of halogens is 3. The monoisotopic (exact) mass is 542 g/mol. The fourth-order valence-electron chi connectivity index (χ4n) is 4.12. The number of carbonyl (C=O) groups is 2. The van der Waals surface area contributed by atoms with Gasteiger partial charge in [0.1, 0.15) is 11.3 Å².